The van der Waals surface area contributed by atoms with E-state index in [1.807, 2.05) is 30.3 Å². The third-order valence-corrected chi connectivity index (χ3v) is 5.31. The molecule has 0 fully saturated rings. The molecule has 0 aliphatic heterocycles. The molecule has 28 heavy (non-hydrogen) atoms. The molecule has 1 heterocycles. The SMILES string of the molecule is Nc1n[nH]c2cc(C=C3c4ccc(F)cc4CCc4cc(F)ccc43)ccc12. The summed E-state index contributed by atoms with van der Waals surface area (Å²) in [5.74, 6) is -0.0560. The molecule has 138 valence electrons. The van der Waals surface area contributed by atoms with Gasteiger partial charge in [0.1, 0.15) is 11.6 Å². The van der Waals surface area contributed by atoms with Crippen LogP contribution in [-0.2, 0) is 12.8 Å². The predicted octanol–water partition coefficient (Wildman–Crippen LogP) is 5.11. The van der Waals surface area contributed by atoms with Crippen LogP contribution in [0.2, 0.25) is 0 Å². The van der Waals surface area contributed by atoms with Crippen molar-refractivity contribution >= 4 is 28.4 Å². The van der Waals surface area contributed by atoms with Gasteiger partial charge in [-0.1, -0.05) is 18.2 Å². The Bertz CT molecular complexity index is 1200. The Morgan fingerprint density at radius 3 is 2.14 bits per heavy atom. The number of nitrogen functional groups attached to an aromatic ring is 1. The quantitative estimate of drug-likeness (QED) is 0.487. The Morgan fingerprint density at radius 2 is 1.50 bits per heavy atom. The number of benzene rings is 3. The molecule has 0 saturated heterocycles. The fourth-order valence-electron chi connectivity index (χ4n) is 3.95. The van der Waals surface area contributed by atoms with Crippen molar-refractivity contribution < 1.29 is 8.78 Å². The van der Waals surface area contributed by atoms with Gasteiger partial charge in [0, 0.05) is 5.39 Å². The van der Waals surface area contributed by atoms with Gasteiger partial charge in [-0.25, -0.2) is 8.78 Å². The molecular weight excluding hydrogens is 356 g/mol. The fourth-order valence-corrected chi connectivity index (χ4v) is 3.95. The third-order valence-electron chi connectivity index (χ3n) is 5.31. The third kappa shape index (κ3) is 2.76. The minimum Gasteiger partial charge on any atom is -0.382 e. The smallest absolute Gasteiger partial charge is 0.153 e. The van der Waals surface area contributed by atoms with Gasteiger partial charge in [-0.15, -0.1) is 0 Å². The van der Waals surface area contributed by atoms with Crippen LogP contribution in [0, 0.1) is 11.6 Å². The summed E-state index contributed by atoms with van der Waals surface area (Å²) in [4.78, 5) is 0. The molecule has 3 nitrogen and oxygen atoms in total. The van der Waals surface area contributed by atoms with Crippen LogP contribution in [0.3, 0.4) is 0 Å². The van der Waals surface area contributed by atoms with E-state index in [2.05, 4.69) is 16.3 Å². The van der Waals surface area contributed by atoms with Crippen LogP contribution in [0.25, 0.3) is 22.6 Å². The van der Waals surface area contributed by atoms with Gasteiger partial charge in [0.2, 0.25) is 0 Å². The molecule has 3 N–H and O–H groups in total. The molecule has 5 rings (SSSR count). The van der Waals surface area contributed by atoms with Crippen molar-refractivity contribution in [2.75, 3.05) is 5.73 Å². The van der Waals surface area contributed by atoms with Crippen molar-refractivity contribution in [1.82, 2.24) is 10.2 Å². The molecular formula is C23H17F2N3. The van der Waals surface area contributed by atoms with Crippen molar-refractivity contribution in [3.8, 4) is 0 Å². The normalized spacial score (nSPS) is 13.1. The van der Waals surface area contributed by atoms with Crippen molar-refractivity contribution in [3.05, 3.63) is 94.0 Å². The lowest BCUT2D eigenvalue weighted by atomic mass is 9.92. The van der Waals surface area contributed by atoms with Gasteiger partial charge < -0.3 is 5.73 Å². The number of aromatic amines is 1. The number of fused-ring (bicyclic) bond motifs is 3. The summed E-state index contributed by atoms with van der Waals surface area (Å²) in [5.41, 5.74) is 12.4. The van der Waals surface area contributed by atoms with Gasteiger partial charge in [0.05, 0.1) is 5.52 Å². The summed E-state index contributed by atoms with van der Waals surface area (Å²) in [6.07, 6.45) is 3.38. The van der Waals surface area contributed by atoms with E-state index < -0.39 is 0 Å². The number of nitrogens with two attached hydrogens (primary N) is 1. The minimum atomic E-state index is -0.260. The average molecular weight is 373 g/mol. The Labute approximate surface area is 160 Å². The number of halogens is 2. The molecule has 0 saturated carbocycles. The largest absolute Gasteiger partial charge is 0.382 e. The highest BCUT2D eigenvalue weighted by Crippen LogP contribution is 2.36. The number of hydrogen-bond acceptors (Lipinski definition) is 2. The minimum absolute atomic E-state index is 0.260. The number of anilines is 1. The van der Waals surface area contributed by atoms with E-state index in [-0.39, 0.29) is 11.6 Å². The van der Waals surface area contributed by atoms with E-state index in [0.717, 1.165) is 44.3 Å². The van der Waals surface area contributed by atoms with Crippen LogP contribution < -0.4 is 5.73 Å². The molecule has 1 aromatic heterocycles. The number of aryl methyl sites for hydroxylation is 2. The first kappa shape index (κ1) is 16.7. The fraction of sp³-hybridized carbons (Fsp3) is 0.0870. The Balaban J connectivity index is 1.74. The zero-order chi connectivity index (χ0) is 19.3. The maximum Gasteiger partial charge on any atom is 0.153 e. The number of aromatic nitrogens is 2. The van der Waals surface area contributed by atoms with E-state index in [1.165, 1.54) is 12.1 Å². The molecule has 1 aliphatic carbocycles. The average Bonchev–Trinajstić information content (AvgIpc) is 2.98. The molecule has 4 aromatic rings. The summed E-state index contributed by atoms with van der Waals surface area (Å²) < 4.78 is 27.7. The van der Waals surface area contributed by atoms with Crippen LogP contribution in [-0.4, -0.2) is 10.2 Å². The Morgan fingerprint density at radius 1 is 0.857 bits per heavy atom. The summed E-state index contributed by atoms with van der Waals surface area (Å²) in [7, 11) is 0. The number of nitrogens with one attached hydrogen (secondary N) is 1. The first-order valence-corrected chi connectivity index (χ1v) is 9.11. The standard InChI is InChI=1S/C23H17F2N3/c24-16-4-7-18-14(11-16)2-3-15-12-17(25)5-8-19(15)21(18)9-13-1-6-20-22(10-13)27-28-23(20)26/h1,4-12H,2-3H2,(H3,26,27,28). The number of hydrogen-bond donors (Lipinski definition) is 2. The van der Waals surface area contributed by atoms with Crippen molar-refractivity contribution in [2.24, 2.45) is 0 Å². The lowest BCUT2D eigenvalue weighted by Crippen LogP contribution is -1.94. The second-order valence-corrected chi connectivity index (χ2v) is 7.07. The summed E-state index contributed by atoms with van der Waals surface area (Å²) in [6, 6.07) is 15.6. The van der Waals surface area contributed by atoms with Gasteiger partial charge in [0.25, 0.3) is 0 Å². The van der Waals surface area contributed by atoms with Crippen molar-refractivity contribution in [1.29, 1.82) is 0 Å². The zero-order valence-corrected chi connectivity index (χ0v) is 15.0. The number of rotatable bonds is 1. The first-order chi connectivity index (χ1) is 13.6. The van der Waals surface area contributed by atoms with Crippen LogP contribution in [0.4, 0.5) is 14.6 Å². The molecule has 0 unspecified atom stereocenters. The lowest BCUT2D eigenvalue weighted by molar-refractivity contribution is 0.623. The number of H-pyrrole nitrogens is 1. The monoisotopic (exact) mass is 373 g/mol. The van der Waals surface area contributed by atoms with E-state index in [1.54, 1.807) is 12.1 Å². The second-order valence-electron chi connectivity index (χ2n) is 7.07. The summed E-state index contributed by atoms with van der Waals surface area (Å²) >= 11 is 0. The highest BCUT2D eigenvalue weighted by molar-refractivity contribution is 5.96. The molecule has 0 amide bonds. The molecule has 0 bridgehead atoms. The Hall–Kier alpha value is -3.47. The van der Waals surface area contributed by atoms with Gasteiger partial charge in [-0.3, -0.25) is 5.10 Å². The predicted molar refractivity (Wildman–Crippen MR) is 108 cm³/mol. The van der Waals surface area contributed by atoms with Crippen LogP contribution >= 0.6 is 0 Å². The summed E-state index contributed by atoms with van der Waals surface area (Å²) in [5, 5.41) is 7.83. The highest BCUT2D eigenvalue weighted by atomic mass is 19.1. The zero-order valence-electron chi connectivity index (χ0n) is 15.0. The maximum absolute atomic E-state index is 13.8. The Kier molecular flexibility index (Phi) is 3.76. The highest BCUT2D eigenvalue weighted by Gasteiger charge is 2.19. The molecule has 0 atom stereocenters. The van der Waals surface area contributed by atoms with Gasteiger partial charge in [-0.05, 0) is 88.7 Å². The molecule has 0 radical (unpaired) electrons. The van der Waals surface area contributed by atoms with Crippen LogP contribution in [0.5, 0.6) is 0 Å². The van der Waals surface area contributed by atoms with E-state index in [9.17, 15) is 8.78 Å². The van der Waals surface area contributed by atoms with Gasteiger partial charge in [-0.2, -0.15) is 5.10 Å². The van der Waals surface area contributed by atoms with Crippen LogP contribution in [0.1, 0.15) is 27.8 Å². The van der Waals surface area contributed by atoms with Gasteiger partial charge >= 0.3 is 0 Å². The lowest BCUT2D eigenvalue weighted by Gasteiger charge is -2.12. The number of nitrogens with zero attached hydrogens (tertiary/aromatic N) is 1. The first-order valence-electron chi connectivity index (χ1n) is 9.11. The van der Waals surface area contributed by atoms with Crippen LogP contribution in [0.15, 0.2) is 54.6 Å². The molecule has 3 aromatic carbocycles. The van der Waals surface area contributed by atoms with Crippen molar-refractivity contribution in [3.63, 3.8) is 0 Å². The molecule has 0 spiro atoms. The molecule has 1 aliphatic rings. The maximum atomic E-state index is 13.8. The van der Waals surface area contributed by atoms with E-state index in [0.29, 0.717) is 18.7 Å². The van der Waals surface area contributed by atoms with Gasteiger partial charge in [0.15, 0.2) is 5.82 Å². The topological polar surface area (TPSA) is 54.7 Å². The second kappa shape index (κ2) is 6.30. The molecule has 5 heteroatoms. The van der Waals surface area contributed by atoms with E-state index in [4.69, 9.17) is 5.73 Å². The van der Waals surface area contributed by atoms with E-state index >= 15 is 0 Å². The van der Waals surface area contributed by atoms with Crippen molar-refractivity contribution in [2.45, 2.75) is 12.8 Å². The summed E-state index contributed by atoms with van der Waals surface area (Å²) in [6.45, 7) is 0.